The Morgan fingerprint density at radius 2 is 1.53 bits per heavy atom. The molecule has 32 heavy (non-hydrogen) atoms. The second-order valence-corrected chi connectivity index (χ2v) is 7.91. The van der Waals surface area contributed by atoms with Gasteiger partial charge in [0, 0.05) is 49.9 Å². The second-order valence-electron chi connectivity index (χ2n) is 7.91. The number of benzene rings is 3. The van der Waals surface area contributed by atoms with Gasteiger partial charge in [-0.25, -0.2) is 0 Å². The van der Waals surface area contributed by atoms with E-state index in [1.54, 1.807) is 6.92 Å². The third kappa shape index (κ3) is 4.12. The molecule has 1 aromatic heterocycles. The molecule has 0 aliphatic carbocycles. The highest BCUT2D eigenvalue weighted by Crippen LogP contribution is 2.26. The van der Waals surface area contributed by atoms with Crippen LogP contribution < -0.4 is 4.90 Å². The summed E-state index contributed by atoms with van der Waals surface area (Å²) in [4.78, 5) is 21.6. The lowest BCUT2D eigenvalue weighted by molar-refractivity contribution is 0.0747. The van der Waals surface area contributed by atoms with Gasteiger partial charge in [0.25, 0.3) is 5.91 Å². The number of nitrogens with zero attached hydrogens (tertiary/aromatic N) is 4. The maximum atomic E-state index is 13.1. The van der Waals surface area contributed by atoms with Gasteiger partial charge in [0.1, 0.15) is 0 Å². The summed E-state index contributed by atoms with van der Waals surface area (Å²) in [5.74, 6) is 1.04. The van der Waals surface area contributed by atoms with Crippen LogP contribution >= 0.6 is 0 Å². The molecule has 2 heterocycles. The van der Waals surface area contributed by atoms with Gasteiger partial charge in [0.15, 0.2) is 0 Å². The number of aromatic nitrogens is 2. The normalized spacial score (nSPS) is 13.9. The zero-order valence-corrected chi connectivity index (χ0v) is 17.9. The fraction of sp³-hybridized carbons (Fsp3) is 0.192. The Hall–Kier alpha value is -3.93. The third-order valence-electron chi connectivity index (χ3n) is 5.78. The van der Waals surface area contributed by atoms with Gasteiger partial charge in [0.05, 0.1) is 0 Å². The van der Waals surface area contributed by atoms with E-state index in [4.69, 9.17) is 4.52 Å². The Morgan fingerprint density at radius 1 is 0.812 bits per heavy atom. The molecule has 0 unspecified atom stereocenters. The number of amides is 1. The van der Waals surface area contributed by atoms with Gasteiger partial charge in [-0.3, -0.25) is 4.79 Å². The summed E-state index contributed by atoms with van der Waals surface area (Å²) in [6.45, 7) is 4.71. The van der Waals surface area contributed by atoms with Crippen LogP contribution in [-0.4, -0.2) is 47.1 Å². The molecule has 0 saturated carbocycles. The van der Waals surface area contributed by atoms with Gasteiger partial charge >= 0.3 is 0 Å². The van der Waals surface area contributed by atoms with Gasteiger partial charge in [-0.05, 0) is 35.4 Å². The molecule has 1 saturated heterocycles. The van der Waals surface area contributed by atoms with Crippen LogP contribution in [0, 0.1) is 6.92 Å². The fourth-order valence-electron chi connectivity index (χ4n) is 4.07. The van der Waals surface area contributed by atoms with Crippen LogP contribution in [0.2, 0.25) is 0 Å². The largest absolute Gasteiger partial charge is 0.368 e. The Labute approximate surface area is 187 Å². The van der Waals surface area contributed by atoms with Crippen LogP contribution in [0.4, 0.5) is 5.69 Å². The lowest BCUT2D eigenvalue weighted by Gasteiger charge is -2.36. The van der Waals surface area contributed by atoms with Crippen molar-refractivity contribution in [3.8, 4) is 22.5 Å². The number of carbonyl (C=O) groups excluding carboxylic acids is 1. The molecular formula is C26H24N4O2. The van der Waals surface area contributed by atoms with Gasteiger partial charge in [-0.2, -0.15) is 4.98 Å². The molecule has 160 valence electrons. The van der Waals surface area contributed by atoms with Gasteiger partial charge in [-0.15, -0.1) is 0 Å². The minimum Gasteiger partial charge on any atom is -0.368 e. The van der Waals surface area contributed by atoms with Crippen LogP contribution in [0.5, 0.6) is 0 Å². The number of hydrogen-bond donors (Lipinski definition) is 0. The molecule has 1 fully saturated rings. The van der Waals surface area contributed by atoms with E-state index in [2.05, 4.69) is 63.6 Å². The number of hydrogen-bond acceptors (Lipinski definition) is 5. The number of rotatable bonds is 4. The summed E-state index contributed by atoms with van der Waals surface area (Å²) in [6.07, 6.45) is 0. The van der Waals surface area contributed by atoms with E-state index in [0.29, 0.717) is 30.4 Å². The molecule has 1 aliphatic rings. The lowest BCUT2D eigenvalue weighted by atomic mass is 10.0. The molecule has 1 aliphatic heterocycles. The molecule has 5 rings (SSSR count). The van der Waals surface area contributed by atoms with Crippen molar-refractivity contribution in [3.05, 3.63) is 90.3 Å². The first-order valence-corrected chi connectivity index (χ1v) is 10.8. The molecule has 0 atom stereocenters. The molecule has 4 aromatic rings. The van der Waals surface area contributed by atoms with Crippen LogP contribution in [-0.2, 0) is 0 Å². The molecule has 0 spiro atoms. The highest BCUT2D eigenvalue weighted by atomic mass is 16.5. The van der Waals surface area contributed by atoms with E-state index in [1.165, 1.54) is 16.8 Å². The van der Waals surface area contributed by atoms with Gasteiger partial charge < -0.3 is 14.3 Å². The Kier molecular flexibility index (Phi) is 5.42. The van der Waals surface area contributed by atoms with Crippen LogP contribution in [0.3, 0.4) is 0 Å². The summed E-state index contributed by atoms with van der Waals surface area (Å²) in [5, 5.41) is 3.95. The number of piperazine rings is 1. The lowest BCUT2D eigenvalue weighted by Crippen LogP contribution is -2.48. The van der Waals surface area contributed by atoms with Crippen molar-refractivity contribution in [3.63, 3.8) is 0 Å². The maximum absolute atomic E-state index is 13.1. The summed E-state index contributed by atoms with van der Waals surface area (Å²) in [5.41, 5.74) is 5.02. The third-order valence-corrected chi connectivity index (χ3v) is 5.78. The van der Waals surface area contributed by atoms with Crippen molar-refractivity contribution in [2.45, 2.75) is 6.92 Å². The summed E-state index contributed by atoms with van der Waals surface area (Å²) >= 11 is 0. The van der Waals surface area contributed by atoms with E-state index in [0.717, 1.165) is 18.7 Å². The first-order valence-electron chi connectivity index (χ1n) is 10.8. The van der Waals surface area contributed by atoms with Crippen LogP contribution in [0.25, 0.3) is 22.5 Å². The summed E-state index contributed by atoms with van der Waals surface area (Å²) in [6, 6.07) is 26.4. The fourth-order valence-corrected chi connectivity index (χ4v) is 4.07. The molecule has 0 N–H and O–H groups in total. The molecule has 0 radical (unpaired) electrons. The second kappa shape index (κ2) is 8.67. The molecular weight excluding hydrogens is 400 g/mol. The van der Waals surface area contributed by atoms with E-state index in [1.807, 2.05) is 35.2 Å². The van der Waals surface area contributed by atoms with Crippen molar-refractivity contribution in [1.29, 1.82) is 0 Å². The SMILES string of the molecule is Cc1nc(-c2cccc(C(=O)N3CCN(c4cccc(-c5ccccc5)c4)CC3)c2)no1. The van der Waals surface area contributed by atoms with Crippen molar-refractivity contribution in [1.82, 2.24) is 15.0 Å². The average Bonchev–Trinajstić information content (AvgIpc) is 3.31. The molecule has 0 bridgehead atoms. The molecule has 1 amide bonds. The standard InChI is InChI=1S/C26H24N4O2/c1-19-27-25(28-32-19)22-10-5-11-23(17-22)26(31)30-15-13-29(14-16-30)24-12-6-9-21(18-24)20-7-3-2-4-8-20/h2-12,17-18H,13-16H2,1H3. The van der Waals surface area contributed by atoms with Crippen molar-refractivity contribution < 1.29 is 9.32 Å². The zero-order valence-electron chi connectivity index (χ0n) is 17.9. The quantitative estimate of drug-likeness (QED) is 0.476. The first-order chi connectivity index (χ1) is 15.7. The Balaban J connectivity index is 1.27. The predicted octanol–water partition coefficient (Wildman–Crippen LogP) is 4.67. The van der Waals surface area contributed by atoms with Crippen molar-refractivity contribution >= 4 is 11.6 Å². The van der Waals surface area contributed by atoms with Gasteiger partial charge in [0.2, 0.25) is 11.7 Å². The van der Waals surface area contributed by atoms with E-state index < -0.39 is 0 Å². The Morgan fingerprint density at radius 3 is 2.28 bits per heavy atom. The molecule has 6 heteroatoms. The maximum Gasteiger partial charge on any atom is 0.253 e. The number of aryl methyl sites for hydroxylation is 1. The monoisotopic (exact) mass is 424 g/mol. The summed E-state index contributed by atoms with van der Waals surface area (Å²) < 4.78 is 5.06. The smallest absolute Gasteiger partial charge is 0.253 e. The average molecular weight is 425 g/mol. The zero-order chi connectivity index (χ0) is 21.9. The summed E-state index contributed by atoms with van der Waals surface area (Å²) in [7, 11) is 0. The highest BCUT2D eigenvalue weighted by molar-refractivity contribution is 5.95. The van der Waals surface area contributed by atoms with E-state index in [-0.39, 0.29) is 5.91 Å². The van der Waals surface area contributed by atoms with Crippen LogP contribution in [0.15, 0.2) is 83.4 Å². The topological polar surface area (TPSA) is 62.5 Å². The van der Waals surface area contributed by atoms with Crippen LogP contribution in [0.1, 0.15) is 16.2 Å². The minimum atomic E-state index is 0.0322. The Bertz CT molecular complexity index is 1230. The van der Waals surface area contributed by atoms with E-state index >= 15 is 0 Å². The number of anilines is 1. The van der Waals surface area contributed by atoms with Gasteiger partial charge in [-0.1, -0.05) is 59.8 Å². The molecule has 3 aromatic carbocycles. The minimum absolute atomic E-state index is 0.0322. The molecule has 6 nitrogen and oxygen atoms in total. The van der Waals surface area contributed by atoms with Crippen molar-refractivity contribution in [2.24, 2.45) is 0 Å². The predicted molar refractivity (Wildman–Crippen MR) is 124 cm³/mol. The van der Waals surface area contributed by atoms with E-state index in [9.17, 15) is 4.79 Å². The highest BCUT2D eigenvalue weighted by Gasteiger charge is 2.23. The number of carbonyl (C=O) groups is 1. The first kappa shape index (κ1) is 20.0. The van der Waals surface area contributed by atoms with Crippen molar-refractivity contribution in [2.75, 3.05) is 31.1 Å².